The average Bonchev–Trinajstić information content (AvgIpc) is 2.55. The number of nitrogens with zero attached hydrogens (tertiary/aromatic N) is 3. The number of primary amides is 1. The lowest BCUT2D eigenvalue weighted by Crippen LogP contribution is -2.32. The number of nitrogens with two attached hydrogens (primary N) is 1. The maximum atomic E-state index is 11.9. The van der Waals surface area contributed by atoms with Gasteiger partial charge in [-0.2, -0.15) is 5.10 Å². The van der Waals surface area contributed by atoms with Gasteiger partial charge < -0.3 is 10.6 Å². The van der Waals surface area contributed by atoms with Crippen molar-refractivity contribution in [1.82, 2.24) is 5.01 Å². The second kappa shape index (κ2) is 3.89. The smallest absolute Gasteiger partial charge is 0.334 e. The monoisotopic (exact) mass is 232 g/mol. The van der Waals surface area contributed by atoms with Crippen molar-refractivity contribution in [3.05, 3.63) is 29.8 Å². The number of anilines is 1. The summed E-state index contributed by atoms with van der Waals surface area (Å²) in [5, 5.41) is 4.88. The molecule has 6 nitrogen and oxygen atoms in total. The number of likely N-dealkylation sites (N-methyl/N-ethyl adjacent to an activating group) is 1. The molecule has 0 atom stereocenters. The Balaban J connectivity index is 2.50. The molecule has 1 aliphatic heterocycles. The SMILES string of the molecule is CN(/N=C1/C(=O)N(C)c2ccccc21)C(N)=O. The Morgan fingerprint density at radius 3 is 2.71 bits per heavy atom. The molecule has 1 aromatic carbocycles. The number of urea groups is 1. The fourth-order valence-corrected chi connectivity index (χ4v) is 1.65. The van der Waals surface area contributed by atoms with Crippen molar-refractivity contribution >= 4 is 23.3 Å². The van der Waals surface area contributed by atoms with Gasteiger partial charge in [0, 0.05) is 19.7 Å². The van der Waals surface area contributed by atoms with Crippen LogP contribution in [0.4, 0.5) is 10.5 Å². The normalized spacial score (nSPS) is 16.2. The number of carbonyl (C=O) groups excluding carboxylic acids is 2. The fourth-order valence-electron chi connectivity index (χ4n) is 1.65. The molecule has 1 aromatic rings. The van der Waals surface area contributed by atoms with Gasteiger partial charge in [-0.15, -0.1) is 0 Å². The van der Waals surface area contributed by atoms with Crippen LogP contribution in [0.15, 0.2) is 29.4 Å². The van der Waals surface area contributed by atoms with Crippen LogP contribution in [0, 0.1) is 0 Å². The summed E-state index contributed by atoms with van der Waals surface area (Å²) >= 11 is 0. The van der Waals surface area contributed by atoms with Gasteiger partial charge in [0.1, 0.15) is 0 Å². The van der Waals surface area contributed by atoms with E-state index < -0.39 is 6.03 Å². The van der Waals surface area contributed by atoms with Crippen molar-refractivity contribution in [1.29, 1.82) is 0 Å². The van der Waals surface area contributed by atoms with Crippen molar-refractivity contribution in [3.63, 3.8) is 0 Å². The van der Waals surface area contributed by atoms with Crippen LogP contribution >= 0.6 is 0 Å². The van der Waals surface area contributed by atoms with Crippen molar-refractivity contribution < 1.29 is 9.59 Å². The number of benzene rings is 1. The summed E-state index contributed by atoms with van der Waals surface area (Å²) in [6.07, 6.45) is 0. The molecule has 0 bridgehead atoms. The topological polar surface area (TPSA) is 79.0 Å². The summed E-state index contributed by atoms with van der Waals surface area (Å²) in [6.45, 7) is 0. The first-order valence-electron chi connectivity index (χ1n) is 5.01. The highest BCUT2D eigenvalue weighted by molar-refractivity contribution is 6.54. The van der Waals surface area contributed by atoms with E-state index in [1.54, 1.807) is 13.1 Å². The Labute approximate surface area is 98.3 Å². The Kier molecular flexibility index (Phi) is 2.55. The summed E-state index contributed by atoms with van der Waals surface area (Å²) in [7, 11) is 3.07. The van der Waals surface area contributed by atoms with Crippen molar-refractivity contribution in [3.8, 4) is 0 Å². The van der Waals surface area contributed by atoms with Gasteiger partial charge in [0.2, 0.25) is 0 Å². The number of hydrazone groups is 1. The molecule has 0 aliphatic carbocycles. The number of hydrogen-bond acceptors (Lipinski definition) is 3. The Bertz CT molecular complexity index is 524. The standard InChI is InChI=1S/C11H12N4O2/c1-14-8-6-4-3-5-7(8)9(10(14)16)13-15(2)11(12)17/h3-6H,1-2H3,(H2,12,17)/b13-9+. The van der Waals surface area contributed by atoms with Crippen LogP contribution in [0.1, 0.15) is 5.56 Å². The lowest BCUT2D eigenvalue weighted by molar-refractivity contribution is -0.112. The van der Waals surface area contributed by atoms with E-state index in [9.17, 15) is 9.59 Å². The summed E-state index contributed by atoms with van der Waals surface area (Å²) in [5.41, 5.74) is 6.77. The molecule has 2 N–H and O–H groups in total. The molecule has 0 saturated heterocycles. The van der Waals surface area contributed by atoms with Crippen molar-refractivity contribution in [2.75, 3.05) is 19.0 Å². The summed E-state index contributed by atoms with van der Waals surface area (Å²) in [6, 6.07) is 6.54. The van der Waals surface area contributed by atoms with E-state index in [1.807, 2.05) is 18.2 Å². The number of hydrogen-bond donors (Lipinski definition) is 1. The quantitative estimate of drug-likeness (QED) is 0.710. The molecule has 0 unspecified atom stereocenters. The zero-order valence-corrected chi connectivity index (χ0v) is 9.54. The molecular formula is C11H12N4O2. The highest BCUT2D eigenvalue weighted by Gasteiger charge is 2.31. The van der Waals surface area contributed by atoms with Gasteiger partial charge in [-0.3, -0.25) is 4.79 Å². The van der Waals surface area contributed by atoms with Crippen LogP contribution < -0.4 is 10.6 Å². The Hall–Kier alpha value is -2.37. The molecule has 3 amide bonds. The lowest BCUT2D eigenvalue weighted by Gasteiger charge is -2.08. The Morgan fingerprint density at radius 1 is 1.41 bits per heavy atom. The van der Waals surface area contributed by atoms with E-state index in [2.05, 4.69) is 5.10 Å². The van der Waals surface area contributed by atoms with Gasteiger partial charge in [0.15, 0.2) is 5.71 Å². The zero-order chi connectivity index (χ0) is 12.6. The third-order valence-electron chi connectivity index (χ3n) is 2.60. The van der Waals surface area contributed by atoms with E-state index in [-0.39, 0.29) is 11.6 Å². The van der Waals surface area contributed by atoms with Gasteiger partial charge >= 0.3 is 6.03 Å². The van der Waals surface area contributed by atoms with E-state index in [1.165, 1.54) is 11.9 Å². The van der Waals surface area contributed by atoms with Crippen LogP contribution in [-0.2, 0) is 4.79 Å². The van der Waals surface area contributed by atoms with Crippen LogP contribution in [0.25, 0.3) is 0 Å². The molecule has 0 aromatic heterocycles. The molecule has 0 fully saturated rings. The predicted molar refractivity (Wildman–Crippen MR) is 63.7 cm³/mol. The van der Waals surface area contributed by atoms with Gasteiger partial charge in [-0.25, -0.2) is 9.80 Å². The largest absolute Gasteiger partial charge is 0.350 e. The molecule has 88 valence electrons. The molecule has 1 aliphatic rings. The fraction of sp³-hybridized carbons (Fsp3) is 0.182. The van der Waals surface area contributed by atoms with E-state index in [0.717, 1.165) is 10.7 Å². The second-order valence-corrected chi connectivity index (χ2v) is 3.69. The third-order valence-corrected chi connectivity index (χ3v) is 2.60. The number of amides is 3. The maximum absolute atomic E-state index is 11.9. The van der Waals surface area contributed by atoms with Gasteiger partial charge in [0.25, 0.3) is 5.91 Å². The first-order chi connectivity index (χ1) is 8.02. The molecule has 17 heavy (non-hydrogen) atoms. The van der Waals surface area contributed by atoms with E-state index in [4.69, 9.17) is 5.73 Å². The van der Waals surface area contributed by atoms with Crippen LogP contribution in [-0.4, -0.2) is 36.8 Å². The van der Waals surface area contributed by atoms with E-state index in [0.29, 0.717) is 5.56 Å². The number of para-hydroxylation sites is 1. The number of fused-ring (bicyclic) bond motifs is 1. The van der Waals surface area contributed by atoms with E-state index >= 15 is 0 Å². The average molecular weight is 232 g/mol. The van der Waals surface area contributed by atoms with Crippen molar-refractivity contribution in [2.24, 2.45) is 10.8 Å². The third kappa shape index (κ3) is 1.73. The van der Waals surface area contributed by atoms with Crippen LogP contribution in [0.5, 0.6) is 0 Å². The molecule has 6 heteroatoms. The van der Waals surface area contributed by atoms with Crippen molar-refractivity contribution in [2.45, 2.75) is 0 Å². The van der Waals surface area contributed by atoms with Crippen LogP contribution in [0.2, 0.25) is 0 Å². The van der Waals surface area contributed by atoms with Crippen LogP contribution in [0.3, 0.4) is 0 Å². The number of rotatable bonds is 1. The molecular weight excluding hydrogens is 220 g/mol. The highest BCUT2D eigenvalue weighted by atomic mass is 16.2. The Morgan fingerprint density at radius 2 is 2.06 bits per heavy atom. The minimum absolute atomic E-state index is 0.226. The molecule has 0 spiro atoms. The minimum Gasteiger partial charge on any atom is -0.350 e. The summed E-state index contributed by atoms with van der Waals surface area (Å²) in [4.78, 5) is 24.3. The minimum atomic E-state index is -0.711. The first-order valence-corrected chi connectivity index (χ1v) is 5.01. The predicted octanol–water partition coefficient (Wildman–Crippen LogP) is 0.378. The summed E-state index contributed by atoms with van der Waals surface area (Å²) in [5.74, 6) is -0.251. The second-order valence-electron chi connectivity index (χ2n) is 3.69. The molecule has 1 heterocycles. The zero-order valence-electron chi connectivity index (χ0n) is 9.54. The maximum Gasteiger partial charge on any atom is 0.334 e. The number of carbonyl (C=O) groups is 2. The highest BCUT2D eigenvalue weighted by Crippen LogP contribution is 2.27. The lowest BCUT2D eigenvalue weighted by atomic mass is 10.1. The van der Waals surface area contributed by atoms with Gasteiger partial charge in [-0.1, -0.05) is 18.2 Å². The summed E-state index contributed by atoms with van der Waals surface area (Å²) < 4.78 is 0. The molecule has 0 radical (unpaired) electrons. The van der Waals surface area contributed by atoms with Gasteiger partial charge in [0.05, 0.1) is 5.69 Å². The first kappa shape index (κ1) is 11.1. The molecule has 2 rings (SSSR count). The van der Waals surface area contributed by atoms with Gasteiger partial charge in [-0.05, 0) is 6.07 Å². The molecule has 0 saturated carbocycles.